The zero-order valence-electron chi connectivity index (χ0n) is 9.06. The van der Waals surface area contributed by atoms with E-state index in [4.69, 9.17) is 11.0 Å². The third-order valence-electron chi connectivity index (χ3n) is 2.12. The maximum Gasteiger partial charge on any atom is 0.271 e. The lowest BCUT2D eigenvalue weighted by Gasteiger charge is -2.11. The van der Waals surface area contributed by atoms with Crippen molar-refractivity contribution in [3.8, 4) is 6.07 Å². The Labute approximate surface area is 98.3 Å². The van der Waals surface area contributed by atoms with E-state index in [0.29, 0.717) is 18.7 Å². The first-order chi connectivity index (χ1) is 7.71. The van der Waals surface area contributed by atoms with E-state index in [2.05, 4.69) is 10.3 Å². The van der Waals surface area contributed by atoms with Gasteiger partial charge in [0.25, 0.3) is 5.91 Å². The van der Waals surface area contributed by atoms with Crippen molar-refractivity contribution in [3.63, 3.8) is 0 Å². The summed E-state index contributed by atoms with van der Waals surface area (Å²) >= 11 is 1.36. The van der Waals surface area contributed by atoms with Crippen molar-refractivity contribution in [1.82, 2.24) is 10.3 Å². The number of aromatic nitrogens is 1. The number of nitriles is 1. The van der Waals surface area contributed by atoms with Gasteiger partial charge in [0.1, 0.15) is 10.7 Å². The Morgan fingerprint density at radius 1 is 1.81 bits per heavy atom. The van der Waals surface area contributed by atoms with E-state index in [-0.39, 0.29) is 11.9 Å². The molecule has 0 aliphatic carbocycles. The number of nitrogens with zero attached hydrogens (tertiary/aromatic N) is 2. The van der Waals surface area contributed by atoms with Gasteiger partial charge in [-0.1, -0.05) is 6.92 Å². The average Bonchev–Trinajstić information content (AvgIpc) is 2.76. The number of hydrogen-bond acceptors (Lipinski definition) is 5. The molecule has 86 valence electrons. The van der Waals surface area contributed by atoms with Crippen LogP contribution in [0.15, 0.2) is 5.38 Å². The number of rotatable bonds is 5. The Balaban J connectivity index is 2.61. The highest BCUT2D eigenvalue weighted by molar-refractivity contribution is 7.09. The summed E-state index contributed by atoms with van der Waals surface area (Å²) in [7, 11) is 0. The first kappa shape index (κ1) is 12.6. The van der Waals surface area contributed by atoms with Crippen LogP contribution < -0.4 is 11.1 Å². The number of carbonyl (C=O) groups is 1. The van der Waals surface area contributed by atoms with Crippen LogP contribution in [0.3, 0.4) is 0 Å². The maximum atomic E-state index is 11.7. The molecular weight excluding hydrogens is 224 g/mol. The standard InChI is InChI=1S/C10H14N4OS/c1-2-7(3-4-11)13-10(15)8-6-16-9(5-12)14-8/h6-7H,2-3,5,12H2,1H3,(H,13,15). The van der Waals surface area contributed by atoms with Crippen LogP contribution in [0.4, 0.5) is 0 Å². The van der Waals surface area contributed by atoms with Crippen LogP contribution in [0.2, 0.25) is 0 Å². The van der Waals surface area contributed by atoms with Crippen LogP contribution in [-0.2, 0) is 6.54 Å². The molecule has 1 aromatic rings. The van der Waals surface area contributed by atoms with Gasteiger partial charge in [0.2, 0.25) is 0 Å². The van der Waals surface area contributed by atoms with E-state index < -0.39 is 0 Å². The van der Waals surface area contributed by atoms with Gasteiger partial charge in [0.15, 0.2) is 0 Å². The lowest BCUT2D eigenvalue weighted by atomic mass is 10.1. The smallest absolute Gasteiger partial charge is 0.271 e. The lowest BCUT2D eigenvalue weighted by molar-refractivity contribution is 0.0932. The highest BCUT2D eigenvalue weighted by atomic mass is 32.1. The fourth-order valence-corrected chi connectivity index (χ4v) is 1.83. The predicted octanol–water partition coefficient (Wildman–Crippen LogP) is 1.02. The van der Waals surface area contributed by atoms with Gasteiger partial charge in [-0.05, 0) is 6.42 Å². The molecule has 1 amide bonds. The molecule has 3 N–H and O–H groups in total. The summed E-state index contributed by atoms with van der Waals surface area (Å²) in [5.41, 5.74) is 5.79. The first-order valence-electron chi connectivity index (χ1n) is 5.03. The van der Waals surface area contributed by atoms with Crippen molar-refractivity contribution >= 4 is 17.2 Å². The SMILES string of the molecule is CCC(CC#N)NC(=O)c1csc(CN)n1. The van der Waals surface area contributed by atoms with E-state index in [0.717, 1.165) is 11.4 Å². The van der Waals surface area contributed by atoms with Gasteiger partial charge in [-0.15, -0.1) is 11.3 Å². The van der Waals surface area contributed by atoms with Gasteiger partial charge < -0.3 is 11.1 Å². The fourth-order valence-electron chi connectivity index (χ4n) is 1.18. The molecule has 16 heavy (non-hydrogen) atoms. The molecule has 0 aliphatic heterocycles. The number of hydrogen-bond donors (Lipinski definition) is 2. The first-order valence-corrected chi connectivity index (χ1v) is 5.91. The van der Waals surface area contributed by atoms with Gasteiger partial charge in [-0.2, -0.15) is 5.26 Å². The average molecular weight is 238 g/mol. The van der Waals surface area contributed by atoms with E-state index >= 15 is 0 Å². The molecule has 1 aromatic heterocycles. The molecular formula is C10H14N4OS. The lowest BCUT2D eigenvalue weighted by Crippen LogP contribution is -2.34. The number of thiazole rings is 1. The van der Waals surface area contributed by atoms with Crippen LogP contribution in [-0.4, -0.2) is 16.9 Å². The van der Waals surface area contributed by atoms with Crippen molar-refractivity contribution < 1.29 is 4.79 Å². The van der Waals surface area contributed by atoms with E-state index in [1.165, 1.54) is 11.3 Å². The van der Waals surface area contributed by atoms with Crippen LogP contribution in [0.1, 0.15) is 35.3 Å². The molecule has 0 aromatic carbocycles. The topological polar surface area (TPSA) is 91.8 Å². The summed E-state index contributed by atoms with van der Waals surface area (Å²) in [6.45, 7) is 2.27. The van der Waals surface area contributed by atoms with Gasteiger partial charge in [0, 0.05) is 18.0 Å². The van der Waals surface area contributed by atoms with Crippen molar-refractivity contribution in [3.05, 3.63) is 16.1 Å². The highest BCUT2D eigenvalue weighted by Gasteiger charge is 2.14. The fraction of sp³-hybridized carbons (Fsp3) is 0.500. The third kappa shape index (κ3) is 3.29. The molecule has 0 radical (unpaired) electrons. The molecule has 0 fully saturated rings. The number of carbonyl (C=O) groups excluding carboxylic acids is 1. The summed E-state index contributed by atoms with van der Waals surface area (Å²) in [6.07, 6.45) is 1.04. The number of nitrogens with one attached hydrogen (secondary N) is 1. The monoisotopic (exact) mass is 238 g/mol. The molecule has 5 nitrogen and oxygen atoms in total. The van der Waals surface area contributed by atoms with Gasteiger partial charge in [-0.3, -0.25) is 4.79 Å². The minimum Gasteiger partial charge on any atom is -0.347 e. The van der Waals surface area contributed by atoms with Gasteiger partial charge in [0.05, 0.1) is 12.5 Å². The van der Waals surface area contributed by atoms with Crippen LogP contribution in [0.25, 0.3) is 0 Å². The van der Waals surface area contributed by atoms with Crippen molar-refractivity contribution in [2.45, 2.75) is 32.4 Å². The van der Waals surface area contributed by atoms with Gasteiger partial charge in [-0.25, -0.2) is 4.98 Å². The molecule has 0 aliphatic rings. The molecule has 0 saturated heterocycles. The summed E-state index contributed by atoms with van der Waals surface area (Å²) in [5, 5.41) is 13.7. The molecule has 1 atom stereocenters. The normalized spacial score (nSPS) is 11.8. The summed E-state index contributed by atoms with van der Waals surface area (Å²) in [6, 6.07) is 1.93. The second kappa shape index (κ2) is 6.20. The Hall–Kier alpha value is -1.45. The second-order valence-electron chi connectivity index (χ2n) is 3.27. The molecule has 1 heterocycles. The number of amides is 1. The molecule has 0 bridgehead atoms. The largest absolute Gasteiger partial charge is 0.347 e. The Bertz CT molecular complexity index is 396. The van der Waals surface area contributed by atoms with Gasteiger partial charge >= 0.3 is 0 Å². The van der Waals surface area contributed by atoms with E-state index in [1.807, 2.05) is 13.0 Å². The molecule has 0 saturated carbocycles. The molecule has 0 spiro atoms. The summed E-state index contributed by atoms with van der Waals surface area (Å²) in [4.78, 5) is 15.8. The van der Waals surface area contributed by atoms with Crippen LogP contribution in [0, 0.1) is 11.3 Å². The zero-order valence-corrected chi connectivity index (χ0v) is 9.88. The van der Waals surface area contributed by atoms with E-state index in [1.54, 1.807) is 5.38 Å². The van der Waals surface area contributed by atoms with Crippen molar-refractivity contribution in [2.24, 2.45) is 5.73 Å². The predicted molar refractivity (Wildman–Crippen MR) is 61.8 cm³/mol. The maximum absolute atomic E-state index is 11.7. The van der Waals surface area contributed by atoms with E-state index in [9.17, 15) is 4.79 Å². The minimum atomic E-state index is -0.238. The summed E-state index contributed by atoms with van der Waals surface area (Å²) in [5.74, 6) is -0.238. The van der Waals surface area contributed by atoms with Crippen molar-refractivity contribution in [2.75, 3.05) is 0 Å². The second-order valence-corrected chi connectivity index (χ2v) is 4.21. The molecule has 6 heteroatoms. The third-order valence-corrected chi connectivity index (χ3v) is 3.00. The van der Waals surface area contributed by atoms with Crippen LogP contribution >= 0.6 is 11.3 Å². The van der Waals surface area contributed by atoms with Crippen LogP contribution in [0.5, 0.6) is 0 Å². The Morgan fingerprint density at radius 2 is 2.56 bits per heavy atom. The zero-order chi connectivity index (χ0) is 12.0. The Kier molecular flexibility index (Phi) is 4.89. The summed E-state index contributed by atoms with van der Waals surface area (Å²) < 4.78 is 0. The molecule has 1 unspecified atom stereocenters. The molecule has 1 rings (SSSR count). The highest BCUT2D eigenvalue weighted by Crippen LogP contribution is 2.09. The number of nitrogens with two attached hydrogens (primary N) is 1. The quantitative estimate of drug-likeness (QED) is 0.801. The van der Waals surface area contributed by atoms with Crippen molar-refractivity contribution in [1.29, 1.82) is 5.26 Å². The Morgan fingerprint density at radius 3 is 3.06 bits per heavy atom. The minimum absolute atomic E-state index is 0.111.